The van der Waals surface area contributed by atoms with Gasteiger partial charge in [0.05, 0.1) is 0 Å². The van der Waals surface area contributed by atoms with Gasteiger partial charge in [0.25, 0.3) is 0 Å². The fourth-order valence-corrected chi connectivity index (χ4v) is 5.91. The number of halogens is 1. The standard InChI is InChI=1S/C26H37ClN2O3/c1-18-15-28(8-9-29(18)26(31)21-5-3-4-6-21)16-23-13-24(27)12-22(19(23)2)14-25(30)11-20-7-10-32-17-20/h12-13,18,20-21H,3-11,14-17H2,1-2H3/t18-,20-/m0/s1. The molecule has 1 amide bonds. The highest BCUT2D eigenvalue weighted by molar-refractivity contribution is 6.30. The van der Waals surface area contributed by atoms with Crippen LogP contribution in [0, 0.1) is 18.8 Å². The fraction of sp³-hybridized carbons (Fsp3) is 0.692. The number of ketones is 1. The molecule has 6 heteroatoms. The van der Waals surface area contributed by atoms with Gasteiger partial charge in [0.15, 0.2) is 0 Å². The third-order valence-corrected chi connectivity index (χ3v) is 7.83. The second-order valence-corrected chi connectivity index (χ2v) is 10.5. The highest BCUT2D eigenvalue weighted by Gasteiger charge is 2.33. The van der Waals surface area contributed by atoms with Crippen LogP contribution in [0.1, 0.15) is 62.1 Å². The number of carbonyl (C=O) groups excluding carboxylic acids is 2. The first-order chi connectivity index (χ1) is 15.4. The van der Waals surface area contributed by atoms with Crippen molar-refractivity contribution in [1.29, 1.82) is 0 Å². The first kappa shape index (κ1) is 23.7. The molecular weight excluding hydrogens is 424 g/mol. The van der Waals surface area contributed by atoms with Crippen LogP contribution >= 0.6 is 11.6 Å². The number of nitrogens with zero attached hydrogens (tertiary/aromatic N) is 2. The number of amides is 1. The zero-order valence-electron chi connectivity index (χ0n) is 19.6. The molecule has 0 unspecified atom stereocenters. The summed E-state index contributed by atoms with van der Waals surface area (Å²) in [7, 11) is 0. The third kappa shape index (κ3) is 5.73. The molecule has 0 N–H and O–H groups in total. The van der Waals surface area contributed by atoms with Crippen molar-refractivity contribution in [3.8, 4) is 0 Å². The lowest BCUT2D eigenvalue weighted by atomic mass is 9.93. The number of rotatable bonds is 7. The summed E-state index contributed by atoms with van der Waals surface area (Å²) < 4.78 is 5.41. The Labute approximate surface area is 197 Å². The van der Waals surface area contributed by atoms with Crippen molar-refractivity contribution in [3.05, 3.63) is 33.8 Å². The summed E-state index contributed by atoms with van der Waals surface area (Å²) in [5.41, 5.74) is 3.40. The Hall–Kier alpha value is -1.43. The molecule has 3 aliphatic rings. The summed E-state index contributed by atoms with van der Waals surface area (Å²) in [6.45, 7) is 9.11. The molecule has 2 atom stereocenters. The van der Waals surface area contributed by atoms with Crippen LogP contribution in [0.3, 0.4) is 0 Å². The van der Waals surface area contributed by atoms with Gasteiger partial charge in [0.2, 0.25) is 5.91 Å². The first-order valence-corrected chi connectivity index (χ1v) is 12.7. The minimum atomic E-state index is 0.228. The molecule has 1 aromatic carbocycles. The van der Waals surface area contributed by atoms with Crippen molar-refractivity contribution < 1.29 is 14.3 Å². The normalized spacial score (nSPS) is 24.9. The molecule has 0 bridgehead atoms. The van der Waals surface area contributed by atoms with Crippen LogP contribution in [0.15, 0.2) is 12.1 Å². The fourth-order valence-electron chi connectivity index (χ4n) is 5.65. The van der Waals surface area contributed by atoms with E-state index in [-0.39, 0.29) is 17.7 Å². The Morgan fingerprint density at radius 3 is 2.56 bits per heavy atom. The summed E-state index contributed by atoms with van der Waals surface area (Å²) in [5.74, 6) is 1.24. The summed E-state index contributed by atoms with van der Waals surface area (Å²) >= 11 is 6.46. The number of ether oxygens (including phenoxy) is 1. The molecule has 4 rings (SSSR count). The highest BCUT2D eigenvalue weighted by Crippen LogP contribution is 2.29. The average Bonchev–Trinajstić information content (AvgIpc) is 3.45. The summed E-state index contributed by atoms with van der Waals surface area (Å²) in [5, 5.41) is 0.695. The van der Waals surface area contributed by atoms with Gasteiger partial charge >= 0.3 is 0 Å². The van der Waals surface area contributed by atoms with Crippen LogP contribution in [-0.4, -0.2) is 60.4 Å². The van der Waals surface area contributed by atoms with Gasteiger partial charge in [-0.05, 0) is 67.9 Å². The molecule has 0 radical (unpaired) electrons. The Morgan fingerprint density at radius 2 is 1.88 bits per heavy atom. The van der Waals surface area contributed by atoms with E-state index in [1.807, 2.05) is 12.1 Å². The van der Waals surface area contributed by atoms with Crippen LogP contribution in [0.4, 0.5) is 0 Å². The monoisotopic (exact) mass is 460 g/mol. The van der Waals surface area contributed by atoms with E-state index in [1.165, 1.54) is 24.0 Å². The third-order valence-electron chi connectivity index (χ3n) is 7.61. The maximum atomic E-state index is 12.9. The summed E-state index contributed by atoms with van der Waals surface area (Å²) in [6, 6.07) is 4.21. The second kappa shape index (κ2) is 10.7. The van der Waals surface area contributed by atoms with Crippen LogP contribution in [0.2, 0.25) is 5.02 Å². The SMILES string of the molecule is Cc1c(CC(=O)C[C@@H]2CCOC2)cc(Cl)cc1CN1CCN(C(=O)C2CCCC2)[C@@H](C)C1. The summed E-state index contributed by atoms with van der Waals surface area (Å²) in [6.07, 6.45) is 6.52. The molecule has 176 valence electrons. The Balaban J connectivity index is 1.36. The van der Waals surface area contributed by atoms with E-state index in [0.717, 1.165) is 57.6 Å². The van der Waals surface area contributed by atoms with E-state index < -0.39 is 0 Å². The molecule has 3 fully saturated rings. The molecular formula is C26H37ClN2O3. The number of Topliss-reactive ketones (excluding diaryl/α,β-unsaturated/α-hetero) is 1. The van der Waals surface area contributed by atoms with Crippen molar-refractivity contribution in [2.45, 2.75) is 71.4 Å². The van der Waals surface area contributed by atoms with Crippen molar-refractivity contribution in [2.24, 2.45) is 11.8 Å². The molecule has 0 aromatic heterocycles. The highest BCUT2D eigenvalue weighted by atomic mass is 35.5. The molecule has 2 saturated heterocycles. The summed E-state index contributed by atoms with van der Waals surface area (Å²) in [4.78, 5) is 30.1. The van der Waals surface area contributed by atoms with E-state index in [4.69, 9.17) is 16.3 Å². The lowest BCUT2D eigenvalue weighted by Crippen LogP contribution is -2.54. The smallest absolute Gasteiger partial charge is 0.226 e. The lowest BCUT2D eigenvalue weighted by Gasteiger charge is -2.41. The number of benzene rings is 1. The van der Waals surface area contributed by atoms with Crippen molar-refractivity contribution >= 4 is 23.3 Å². The molecule has 32 heavy (non-hydrogen) atoms. The molecule has 1 aliphatic carbocycles. The van der Waals surface area contributed by atoms with Gasteiger partial charge in [-0.3, -0.25) is 14.5 Å². The topological polar surface area (TPSA) is 49.9 Å². The zero-order valence-corrected chi connectivity index (χ0v) is 20.3. The number of carbonyl (C=O) groups is 2. The Kier molecular flexibility index (Phi) is 7.91. The van der Waals surface area contributed by atoms with Crippen molar-refractivity contribution in [3.63, 3.8) is 0 Å². The van der Waals surface area contributed by atoms with Gasteiger partial charge < -0.3 is 9.64 Å². The minimum Gasteiger partial charge on any atom is -0.381 e. The van der Waals surface area contributed by atoms with E-state index in [1.54, 1.807) is 0 Å². The number of hydrogen-bond acceptors (Lipinski definition) is 4. The largest absolute Gasteiger partial charge is 0.381 e. The maximum Gasteiger partial charge on any atom is 0.226 e. The van der Waals surface area contributed by atoms with E-state index >= 15 is 0 Å². The molecule has 1 saturated carbocycles. The predicted octanol–water partition coefficient (Wildman–Crippen LogP) is 4.41. The quantitative estimate of drug-likeness (QED) is 0.604. The molecule has 2 aliphatic heterocycles. The number of hydrogen-bond donors (Lipinski definition) is 0. The van der Waals surface area contributed by atoms with Gasteiger partial charge in [-0.25, -0.2) is 0 Å². The van der Waals surface area contributed by atoms with Crippen LogP contribution < -0.4 is 0 Å². The minimum absolute atomic E-state index is 0.228. The average molecular weight is 461 g/mol. The van der Waals surface area contributed by atoms with Crippen molar-refractivity contribution in [2.75, 3.05) is 32.8 Å². The maximum absolute atomic E-state index is 12.9. The first-order valence-electron chi connectivity index (χ1n) is 12.3. The van der Waals surface area contributed by atoms with E-state index in [9.17, 15) is 9.59 Å². The zero-order chi connectivity index (χ0) is 22.7. The van der Waals surface area contributed by atoms with Gasteiger partial charge in [-0.1, -0.05) is 24.4 Å². The van der Waals surface area contributed by atoms with Crippen LogP contribution in [-0.2, 0) is 27.3 Å². The van der Waals surface area contributed by atoms with Gasteiger partial charge in [-0.15, -0.1) is 0 Å². The van der Waals surface area contributed by atoms with Gasteiger partial charge in [-0.2, -0.15) is 0 Å². The van der Waals surface area contributed by atoms with Gasteiger partial charge in [0, 0.05) is 69.2 Å². The van der Waals surface area contributed by atoms with E-state index in [2.05, 4.69) is 23.6 Å². The van der Waals surface area contributed by atoms with Crippen LogP contribution in [0.5, 0.6) is 0 Å². The Bertz CT molecular complexity index is 831. The molecule has 1 aromatic rings. The molecule has 2 heterocycles. The van der Waals surface area contributed by atoms with Gasteiger partial charge in [0.1, 0.15) is 5.78 Å². The van der Waals surface area contributed by atoms with Crippen molar-refractivity contribution in [1.82, 2.24) is 9.80 Å². The molecule has 0 spiro atoms. The van der Waals surface area contributed by atoms with Crippen LogP contribution in [0.25, 0.3) is 0 Å². The number of piperazine rings is 1. The molecule has 5 nitrogen and oxygen atoms in total. The Morgan fingerprint density at radius 1 is 1.12 bits per heavy atom. The second-order valence-electron chi connectivity index (χ2n) is 10.1. The predicted molar refractivity (Wildman–Crippen MR) is 127 cm³/mol. The lowest BCUT2D eigenvalue weighted by molar-refractivity contribution is -0.140. The van der Waals surface area contributed by atoms with E-state index in [0.29, 0.717) is 36.3 Å².